The van der Waals surface area contributed by atoms with E-state index in [1.54, 1.807) is 0 Å². The van der Waals surface area contributed by atoms with Crippen molar-refractivity contribution in [3.05, 3.63) is 91.0 Å². The minimum absolute atomic E-state index is 0.593. The molecule has 0 bridgehead atoms. The molecule has 0 aliphatic carbocycles. The third-order valence-electron chi connectivity index (χ3n) is 3.31. The van der Waals surface area contributed by atoms with E-state index in [0.717, 1.165) is 0 Å². The average molecular weight is 401 g/mol. The first-order valence-corrected chi connectivity index (χ1v) is 11.8. The SMILES string of the molecule is [SiH3]O[SiH2]O[Si](Oc1ccccc1)(Oc1ccccc1)Oc1ccccc1. The van der Waals surface area contributed by atoms with E-state index in [1.165, 1.54) is 0 Å². The molecule has 0 saturated carbocycles. The largest absolute Gasteiger partial charge is 0.883 e. The smallest absolute Gasteiger partial charge is 0.462 e. The van der Waals surface area contributed by atoms with Crippen LogP contribution in [0.25, 0.3) is 0 Å². The molecule has 0 aromatic heterocycles. The van der Waals surface area contributed by atoms with Crippen LogP contribution in [0.4, 0.5) is 0 Å². The Labute approximate surface area is 159 Å². The highest BCUT2D eigenvalue weighted by Gasteiger charge is 2.54. The maximum Gasteiger partial charge on any atom is 0.883 e. The summed E-state index contributed by atoms with van der Waals surface area (Å²) in [5, 5.41) is 0. The second kappa shape index (κ2) is 9.36. The van der Waals surface area contributed by atoms with Crippen molar-refractivity contribution >= 4 is 29.5 Å². The number of hydrogen-bond donors (Lipinski definition) is 0. The van der Waals surface area contributed by atoms with Crippen LogP contribution in [0.1, 0.15) is 0 Å². The van der Waals surface area contributed by atoms with Crippen molar-refractivity contribution in [3.8, 4) is 17.2 Å². The van der Waals surface area contributed by atoms with Gasteiger partial charge in [0.15, 0.2) is 0 Å². The van der Waals surface area contributed by atoms with E-state index in [-0.39, 0.29) is 0 Å². The van der Waals surface area contributed by atoms with Gasteiger partial charge in [-0.25, -0.2) is 0 Å². The zero-order chi connectivity index (χ0) is 18.1. The number of para-hydroxylation sites is 3. The highest BCUT2D eigenvalue weighted by atomic mass is 28.4. The zero-order valence-electron chi connectivity index (χ0n) is 14.4. The maximum atomic E-state index is 6.15. The van der Waals surface area contributed by atoms with Crippen molar-refractivity contribution in [2.75, 3.05) is 0 Å². The van der Waals surface area contributed by atoms with Gasteiger partial charge in [-0.1, -0.05) is 54.6 Å². The highest BCUT2D eigenvalue weighted by Crippen LogP contribution is 2.24. The number of hydrogen-bond acceptors (Lipinski definition) is 5. The summed E-state index contributed by atoms with van der Waals surface area (Å²) in [6, 6.07) is 28.2. The van der Waals surface area contributed by atoms with Crippen molar-refractivity contribution in [2.45, 2.75) is 0 Å². The van der Waals surface area contributed by atoms with Crippen LogP contribution in [0.15, 0.2) is 91.0 Å². The molecule has 0 N–H and O–H groups in total. The Hall–Kier alpha value is -2.37. The van der Waals surface area contributed by atoms with E-state index in [2.05, 4.69) is 0 Å². The van der Waals surface area contributed by atoms with Crippen molar-refractivity contribution in [2.24, 2.45) is 0 Å². The molecule has 26 heavy (non-hydrogen) atoms. The summed E-state index contributed by atoms with van der Waals surface area (Å²) in [4.78, 5) is 0. The quantitative estimate of drug-likeness (QED) is 0.514. The van der Waals surface area contributed by atoms with Crippen LogP contribution in [-0.4, -0.2) is 29.5 Å². The fourth-order valence-electron chi connectivity index (χ4n) is 2.18. The molecule has 0 unspecified atom stereocenters. The minimum atomic E-state index is -3.58. The third-order valence-corrected chi connectivity index (χ3v) is 7.60. The van der Waals surface area contributed by atoms with Gasteiger partial charge in [0, 0.05) is 0 Å². The van der Waals surface area contributed by atoms with Crippen LogP contribution in [0.3, 0.4) is 0 Å². The molecule has 0 amide bonds. The first-order valence-electron chi connectivity index (χ1n) is 8.15. The summed E-state index contributed by atoms with van der Waals surface area (Å²) in [5.74, 6) is 1.86. The molecule has 3 rings (SSSR count). The van der Waals surface area contributed by atoms with Gasteiger partial charge in [-0.05, 0) is 36.4 Å². The molecule has 3 aromatic rings. The fourth-order valence-corrected chi connectivity index (χ4v) is 6.40. The summed E-state index contributed by atoms with van der Waals surface area (Å²) >= 11 is 0. The van der Waals surface area contributed by atoms with Gasteiger partial charge in [0.1, 0.15) is 27.7 Å². The van der Waals surface area contributed by atoms with Crippen molar-refractivity contribution in [1.82, 2.24) is 0 Å². The molecule has 5 nitrogen and oxygen atoms in total. The van der Waals surface area contributed by atoms with Crippen LogP contribution in [0, 0.1) is 0 Å². The van der Waals surface area contributed by atoms with Crippen LogP contribution in [-0.2, 0) is 8.23 Å². The monoisotopic (exact) mass is 400 g/mol. The second-order valence-corrected chi connectivity index (χ2v) is 10.6. The van der Waals surface area contributed by atoms with Crippen LogP contribution in [0.2, 0.25) is 0 Å². The summed E-state index contributed by atoms with van der Waals surface area (Å²) in [6.07, 6.45) is 0. The van der Waals surface area contributed by atoms with E-state index in [4.69, 9.17) is 21.5 Å². The lowest BCUT2D eigenvalue weighted by Crippen LogP contribution is -2.58. The Balaban J connectivity index is 1.94. The molecule has 134 valence electrons. The van der Waals surface area contributed by atoms with E-state index >= 15 is 0 Å². The summed E-state index contributed by atoms with van der Waals surface area (Å²) in [7, 11) is -4.27. The van der Waals surface area contributed by atoms with Crippen molar-refractivity contribution in [3.63, 3.8) is 0 Å². The molecule has 0 spiro atoms. The topological polar surface area (TPSA) is 46.2 Å². The van der Waals surface area contributed by atoms with Gasteiger partial charge in [0.25, 0.3) is 10.0 Å². The Morgan fingerprint density at radius 2 is 0.923 bits per heavy atom. The number of benzene rings is 3. The predicted molar refractivity (Wildman–Crippen MR) is 108 cm³/mol. The van der Waals surface area contributed by atoms with E-state index in [1.807, 2.05) is 91.0 Å². The van der Waals surface area contributed by atoms with Gasteiger partial charge < -0.3 is 21.5 Å². The third kappa shape index (κ3) is 5.31. The van der Waals surface area contributed by atoms with E-state index < -0.39 is 19.1 Å². The molecule has 3 aromatic carbocycles. The van der Waals surface area contributed by atoms with Gasteiger partial charge in [0.2, 0.25) is 0 Å². The molecular formula is C18H20O5Si3. The molecule has 0 fully saturated rings. The van der Waals surface area contributed by atoms with Gasteiger partial charge in [0.05, 0.1) is 0 Å². The van der Waals surface area contributed by atoms with Gasteiger partial charge in [-0.2, -0.15) is 0 Å². The molecular weight excluding hydrogens is 380 g/mol. The average Bonchev–Trinajstić information content (AvgIpc) is 2.69. The Bertz CT molecular complexity index is 673. The van der Waals surface area contributed by atoms with Crippen molar-refractivity contribution in [1.29, 1.82) is 0 Å². The van der Waals surface area contributed by atoms with E-state index in [9.17, 15) is 0 Å². The second-order valence-electron chi connectivity index (χ2n) is 5.30. The van der Waals surface area contributed by atoms with Crippen LogP contribution < -0.4 is 13.3 Å². The molecule has 0 aliphatic rings. The zero-order valence-corrected chi connectivity index (χ0v) is 18.8. The van der Waals surface area contributed by atoms with Gasteiger partial charge >= 0.3 is 9.05 Å². The lowest BCUT2D eigenvalue weighted by Gasteiger charge is -2.28. The van der Waals surface area contributed by atoms with Gasteiger partial charge in [-0.3, -0.25) is 0 Å². The Morgan fingerprint density at radius 3 is 1.23 bits per heavy atom. The number of rotatable bonds is 9. The molecule has 8 heteroatoms. The normalized spacial score (nSPS) is 11.5. The van der Waals surface area contributed by atoms with Gasteiger partial charge in [-0.15, -0.1) is 0 Å². The molecule has 0 atom stereocenters. The van der Waals surface area contributed by atoms with Crippen LogP contribution in [0.5, 0.6) is 17.2 Å². The maximum absolute atomic E-state index is 6.15. The first kappa shape index (κ1) is 18.4. The molecule has 0 aliphatic heterocycles. The lowest BCUT2D eigenvalue weighted by atomic mass is 10.3. The van der Waals surface area contributed by atoms with E-state index in [0.29, 0.717) is 27.7 Å². The Morgan fingerprint density at radius 1 is 0.577 bits per heavy atom. The predicted octanol–water partition coefficient (Wildman–Crippen LogP) is 1.97. The molecule has 0 radical (unpaired) electrons. The highest BCUT2D eigenvalue weighted by molar-refractivity contribution is 6.61. The summed E-state index contributed by atoms with van der Waals surface area (Å²) < 4.78 is 29.8. The summed E-state index contributed by atoms with van der Waals surface area (Å²) in [6.45, 7) is 0. The molecule has 0 saturated heterocycles. The Kier molecular flexibility index (Phi) is 6.63. The minimum Gasteiger partial charge on any atom is -0.462 e. The summed E-state index contributed by atoms with van der Waals surface area (Å²) in [5.41, 5.74) is 0. The first-order chi connectivity index (χ1) is 12.8. The fraction of sp³-hybridized carbons (Fsp3) is 0. The standard InChI is InChI=1S/C18H20O5Si3/c24-22-25-23-26(19-16-10-4-1-5-11-16,20-17-12-6-2-7-13-17)21-18-14-8-3-9-15-18/h1-15H,25H2,24H3. The van der Waals surface area contributed by atoms with Crippen molar-refractivity contribution < 1.29 is 21.5 Å². The molecule has 0 heterocycles. The lowest BCUT2D eigenvalue weighted by molar-refractivity contribution is 0.156. The van der Waals surface area contributed by atoms with Crippen LogP contribution >= 0.6 is 0 Å².